The Morgan fingerprint density at radius 3 is 2.93 bits per heavy atom. The maximum atomic E-state index is 13.8. The molecule has 0 aliphatic carbocycles. The van der Waals surface area contributed by atoms with Crippen LogP contribution in [0, 0.1) is 5.82 Å². The topological polar surface area (TPSA) is 70.8 Å². The Labute approximate surface area is 158 Å². The largest absolute Gasteiger partial charge is 0.494 e. The van der Waals surface area contributed by atoms with Crippen molar-refractivity contribution in [3.63, 3.8) is 0 Å². The molecule has 1 saturated heterocycles. The first-order valence-electron chi connectivity index (χ1n) is 8.99. The Morgan fingerprint density at radius 1 is 1.48 bits per heavy atom. The standard InChI is InChI=1S/C19H25FN4O3/c1-5-13-11-24(9-8-21-13)19(25)16-17(27-22-18(16)23(2)3)12-6-7-14(20)15(10-12)26-4/h6-7,10,13,21H,5,8-9,11H2,1-4H3. The first-order valence-corrected chi connectivity index (χ1v) is 8.99. The van der Waals surface area contributed by atoms with Gasteiger partial charge in [0.15, 0.2) is 23.1 Å². The predicted molar refractivity (Wildman–Crippen MR) is 101 cm³/mol. The average molecular weight is 376 g/mol. The maximum absolute atomic E-state index is 13.8. The van der Waals surface area contributed by atoms with Crippen LogP contribution in [0.4, 0.5) is 10.2 Å². The quantitative estimate of drug-likeness (QED) is 0.864. The molecule has 1 atom stereocenters. The number of carbonyl (C=O) groups excluding carboxylic acids is 1. The van der Waals surface area contributed by atoms with Gasteiger partial charge in [0, 0.05) is 45.3 Å². The molecule has 1 unspecified atom stereocenters. The number of benzene rings is 1. The first-order chi connectivity index (χ1) is 13.0. The van der Waals surface area contributed by atoms with E-state index < -0.39 is 5.82 Å². The molecule has 27 heavy (non-hydrogen) atoms. The number of aromatic nitrogens is 1. The third-order valence-corrected chi connectivity index (χ3v) is 4.76. The molecule has 1 N–H and O–H groups in total. The number of amides is 1. The van der Waals surface area contributed by atoms with Gasteiger partial charge in [-0.25, -0.2) is 4.39 Å². The van der Waals surface area contributed by atoms with E-state index in [4.69, 9.17) is 9.26 Å². The molecule has 1 amide bonds. The van der Waals surface area contributed by atoms with Crippen molar-refractivity contribution in [1.29, 1.82) is 0 Å². The predicted octanol–water partition coefficient (Wildman–Crippen LogP) is 2.38. The van der Waals surface area contributed by atoms with Crippen LogP contribution in [0.5, 0.6) is 5.75 Å². The summed E-state index contributed by atoms with van der Waals surface area (Å²) >= 11 is 0. The molecule has 146 valence electrons. The van der Waals surface area contributed by atoms with Crippen LogP contribution in [0.25, 0.3) is 11.3 Å². The molecule has 2 aromatic rings. The first kappa shape index (κ1) is 19.2. The van der Waals surface area contributed by atoms with Crippen molar-refractivity contribution < 1.29 is 18.4 Å². The molecule has 0 spiro atoms. The number of carbonyl (C=O) groups is 1. The lowest BCUT2D eigenvalue weighted by atomic mass is 10.0. The van der Waals surface area contributed by atoms with Crippen molar-refractivity contribution in [1.82, 2.24) is 15.4 Å². The Morgan fingerprint density at radius 2 is 2.26 bits per heavy atom. The molecule has 0 bridgehead atoms. The van der Waals surface area contributed by atoms with Gasteiger partial charge in [-0.05, 0) is 24.6 Å². The Balaban J connectivity index is 2.03. The van der Waals surface area contributed by atoms with E-state index in [1.165, 1.54) is 19.2 Å². The summed E-state index contributed by atoms with van der Waals surface area (Å²) in [4.78, 5) is 16.9. The normalized spacial score (nSPS) is 17.1. The van der Waals surface area contributed by atoms with Gasteiger partial charge in [0.25, 0.3) is 5.91 Å². The molecule has 1 aromatic carbocycles. The molecular weight excluding hydrogens is 351 g/mol. The van der Waals surface area contributed by atoms with E-state index in [2.05, 4.69) is 17.4 Å². The van der Waals surface area contributed by atoms with Crippen molar-refractivity contribution in [2.24, 2.45) is 0 Å². The van der Waals surface area contributed by atoms with Crippen molar-refractivity contribution in [3.05, 3.63) is 29.6 Å². The fraction of sp³-hybridized carbons (Fsp3) is 0.474. The fourth-order valence-electron chi connectivity index (χ4n) is 3.22. The van der Waals surface area contributed by atoms with Crippen LogP contribution in [0.3, 0.4) is 0 Å². The minimum Gasteiger partial charge on any atom is -0.494 e. The molecule has 8 heteroatoms. The van der Waals surface area contributed by atoms with Crippen LogP contribution in [-0.2, 0) is 0 Å². The van der Waals surface area contributed by atoms with Crippen molar-refractivity contribution >= 4 is 11.7 Å². The monoisotopic (exact) mass is 376 g/mol. The second kappa shape index (κ2) is 7.96. The molecule has 3 rings (SSSR count). The number of anilines is 1. The number of hydrogen-bond acceptors (Lipinski definition) is 6. The smallest absolute Gasteiger partial charge is 0.261 e. The number of rotatable bonds is 5. The molecule has 7 nitrogen and oxygen atoms in total. The summed E-state index contributed by atoms with van der Waals surface area (Å²) < 4.78 is 24.4. The lowest BCUT2D eigenvalue weighted by molar-refractivity contribution is 0.0702. The van der Waals surface area contributed by atoms with E-state index in [0.717, 1.165) is 13.0 Å². The summed E-state index contributed by atoms with van der Waals surface area (Å²) in [5, 5.41) is 7.48. The highest BCUT2D eigenvalue weighted by Crippen LogP contribution is 2.34. The Kier molecular flexibility index (Phi) is 5.65. The van der Waals surface area contributed by atoms with Gasteiger partial charge < -0.3 is 24.4 Å². The van der Waals surface area contributed by atoms with Crippen molar-refractivity contribution in [2.75, 3.05) is 45.7 Å². The summed E-state index contributed by atoms with van der Waals surface area (Å²) in [7, 11) is 5.00. The van der Waals surface area contributed by atoms with Gasteiger partial charge >= 0.3 is 0 Å². The summed E-state index contributed by atoms with van der Waals surface area (Å²) in [6, 6.07) is 4.62. The third kappa shape index (κ3) is 3.75. The highest BCUT2D eigenvalue weighted by Gasteiger charge is 2.31. The molecule has 1 fully saturated rings. The zero-order valence-electron chi connectivity index (χ0n) is 16.1. The van der Waals surface area contributed by atoms with Gasteiger partial charge in [0.05, 0.1) is 7.11 Å². The average Bonchev–Trinajstić information content (AvgIpc) is 3.13. The van der Waals surface area contributed by atoms with Crippen molar-refractivity contribution in [3.8, 4) is 17.1 Å². The third-order valence-electron chi connectivity index (χ3n) is 4.76. The Hall–Kier alpha value is -2.61. The second-order valence-corrected chi connectivity index (χ2v) is 6.76. The van der Waals surface area contributed by atoms with Gasteiger partial charge in [-0.1, -0.05) is 12.1 Å². The molecule has 0 saturated carbocycles. The van der Waals surface area contributed by atoms with Crippen LogP contribution >= 0.6 is 0 Å². The van der Waals surface area contributed by atoms with Gasteiger partial charge in [-0.15, -0.1) is 0 Å². The zero-order chi connectivity index (χ0) is 19.6. The van der Waals surface area contributed by atoms with E-state index in [1.807, 2.05) is 4.90 Å². The van der Waals surface area contributed by atoms with E-state index in [1.54, 1.807) is 25.1 Å². The van der Waals surface area contributed by atoms with Crippen molar-refractivity contribution in [2.45, 2.75) is 19.4 Å². The number of hydrogen-bond donors (Lipinski definition) is 1. The zero-order valence-corrected chi connectivity index (χ0v) is 16.1. The van der Waals surface area contributed by atoms with Crippen LogP contribution in [-0.4, -0.2) is 62.8 Å². The lowest BCUT2D eigenvalue weighted by Gasteiger charge is -2.33. The number of nitrogens with one attached hydrogen (secondary N) is 1. The summed E-state index contributed by atoms with van der Waals surface area (Å²) in [6.07, 6.45) is 0.940. The SMILES string of the molecule is CCC1CN(C(=O)c2c(N(C)C)noc2-c2ccc(F)c(OC)c2)CCN1. The lowest BCUT2D eigenvalue weighted by Crippen LogP contribution is -2.52. The van der Waals surface area contributed by atoms with Gasteiger partial charge in [-0.2, -0.15) is 0 Å². The highest BCUT2D eigenvalue weighted by molar-refractivity contribution is 6.04. The van der Waals surface area contributed by atoms with Gasteiger partial charge in [-0.3, -0.25) is 4.79 Å². The summed E-state index contributed by atoms with van der Waals surface area (Å²) in [5.74, 6) is 0.230. The molecule has 1 aliphatic rings. The summed E-state index contributed by atoms with van der Waals surface area (Å²) in [6.45, 7) is 4.07. The number of methoxy groups -OCH3 is 1. The number of piperazine rings is 1. The molecule has 2 heterocycles. The van der Waals surface area contributed by atoms with E-state index in [0.29, 0.717) is 35.8 Å². The highest BCUT2D eigenvalue weighted by atomic mass is 19.1. The second-order valence-electron chi connectivity index (χ2n) is 6.76. The minimum absolute atomic E-state index is 0.0851. The molecule has 1 aromatic heterocycles. The molecule has 0 radical (unpaired) electrons. The van der Waals surface area contributed by atoms with Crippen LogP contribution in [0.1, 0.15) is 23.7 Å². The van der Waals surface area contributed by atoms with Crippen LogP contribution < -0.4 is 15.0 Å². The van der Waals surface area contributed by atoms with E-state index in [9.17, 15) is 9.18 Å². The van der Waals surface area contributed by atoms with Crippen LogP contribution in [0.2, 0.25) is 0 Å². The van der Waals surface area contributed by atoms with Gasteiger partial charge in [0.2, 0.25) is 0 Å². The fourth-order valence-corrected chi connectivity index (χ4v) is 3.22. The van der Waals surface area contributed by atoms with E-state index in [-0.39, 0.29) is 17.7 Å². The minimum atomic E-state index is -0.477. The molecular formula is C19H25FN4O3. The van der Waals surface area contributed by atoms with Crippen LogP contribution in [0.15, 0.2) is 22.7 Å². The Bertz CT molecular complexity index is 821. The van der Waals surface area contributed by atoms with E-state index >= 15 is 0 Å². The van der Waals surface area contributed by atoms with Gasteiger partial charge in [0.1, 0.15) is 5.56 Å². The number of nitrogens with zero attached hydrogens (tertiary/aromatic N) is 3. The maximum Gasteiger partial charge on any atom is 0.261 e. The number of ether oxygens (including phenoxy) is 1. The summed E-state index contributed by atoms with van der Waals surface area (Å²) in [5.41, 5.74) is 0.921. The number of halogens is 1. The molecule has 1 aliphatic heterocycles.